The summed E-state index contributed by atoms with van der Waals surface area (Å²) in [5, 5.41) is 16.1. The fourth-order valence-electron chi connectivity index (χ4n) is 2.02. The first kappa shape index (κ1) is 15.5. The fourth-order valence-corrected chi connectivity index (χ4v) is 2.02. The normalized spacial score (nSPS) is 12.5. The zero-order valence-electron chi connectivity index (χ0n) is 12.2. The van der Waals surface area contributed by atoms with Crippen LogP contribution in [0.25, 0.3) is 0 Å². The highest BCUT2D eigenvalue weighted by Gasteiger charge is 2.12. The van der Waals surface area contributed by atoms with Gasteiger partial charge in [-0.25, -0.2) is 0 Å². The summed E-state index contributed by atoms with van der Waals surface area (Å²) in [4.78, 5) is 11.6. The molecular weight excluding hydrogens is 240 g/mol. The fraction of sp³-hybridized carbons (Fsp3) is 0.533. The molecule has 4 nitrogen and oxygen atoms in total. The van der Waals surface area contributed by atoms with Crippen molar-refractivity contribution in [1.29, 1.82) is 0 Å². The zero-order chi connectivity index (χ0) is 14.4. The first-order valence-corrected chi connectivity index (χ1v) is 6.82. The number of hydrogen-bond donors (Lipinski definition) is 3. The minimum atomic E-state index is 0.00334. The van der Waals surface area contributed by atoms with Gasteiger partial charge in [-0.05, 0) is 31.5 Å². The van der Waals surface area contributed by atoms with E-state index in [9.17, 15) is 9.90 Å². The van der Waals surface area contributed by atoms with Gasteiger partial charge < -0.3 is 15.7 Å². The molecule has 1 aromatic rings. The van der Waals surface area contributed by atoms with Gasteiger partial charge in [-0.15, -0.1) is 0 Å². The second-order valence-corrected chi connectivity index (χ2v) is 5.11. The Hall–Kier alpha value is -1.55. The smallest absolute Gasteiger partial charge is 0.224 e. The second-order valence-electron chi connectivity index (χ2n) is 5.11. The maximum absolute atomic E-state index is 11.6. The molecule has 1 atom stereocenters. The molecule has 0 aliphatic heterocycles. The Balaban J connectivity index is 2.84. The first-order valence-electron chi connectivity index (χ1n) is 6.82. The highest BCUT2D eigenvalue weighted by molar-refractivity contribution is 5.90. The summed E-state index contributed by atoms with van der Waals surface area (Å²) in [6.45, 7) is 8.07. The van der Waals surface area contributed by atoms with E-state index >= 15 is 0 Å². The Kier molecular flexibility index (Phi) is 5.83. The lowest BCUT2D eigenvalue weighted by Gasteiger charge is -2.19. The number of anilines is 1. The van der Waals surface area contributed by atoms with Crippen LogP contribution in [0.4, 0.5) is 5.69 Å². The van der Waals surface area contributed by atoms with Crippen LogP contribution in [0.1, 0.15) is 52.1 Å². The maximum atomic E-state index is 11.6. The third kappa shape index (κ3) is 4.91. The number of carbonyl (C=O) groups is 1. The Bertz CT molecular complexity index is 430. The molecule has 0 saturated heterocycles. The molecule has 3 N–H and O–H groups in total. The number of aromatic hydroxyl groups is 1. The van der Waals surface area contributed by atoms with Gasteiger partial charge in [-0.3, -0.25) is 4.79 Å². The zero-order valence-corrected chi connectivity index (χ0v) is 12.2. The van der Waals surface area contributed by atoms with E-state index in [0.29, 0.717) is 12.5 Å². The van der Waals surface area contributed by atoms with E-state index in [0.717, 1.165) is 17.7 Å². The summed E-state index contributed by atoms with van der Waals surface area (Å²) in [7, 11) is 0. The molecule has 1 amide bonds. The number of benzene rings is 1. The van der Waals surface area contributed by atoms with Crippen LogP contribution in [0, 0.1) is 0 Å². The number of carbonyl (C=O) groups excluding carboxylic acids is 1. The second kappa shape index (κ2) is 7.14. The van der Waals surface area contributed by atoms with Crippen LogP contribution in [0.2, 0.25) is 0 Å². The third-order valence-corrected chi connectivity index (χ3v) is 2.84. The van der Waals surface area contributed by atoms with E-state index in [-0.39, 0.29) is 17.7 Å². The molecule has 0 heterocycles. The van der Waals surface area contributed by atoms with E-state index in [2.05, 4.69) is 24.5 Å². The van der Waals surface area contributed by atoms with Gasteiger partial charge in [0.25, 0.3) is 0 Å². The highest BCUT2D eigenvalue weighted by atomic mass is 16.3. The molecule has 1 rings (SSSR count). The van der Waals surface area contributed by atoms with Crippen LogP contribution >= 0.6 is 0 Å². The summed E-state index contributed by atoms with van der Waals surface area (Å²) < 4.78 is 0. The van der Waals surface area contributed by atoms with Crippen molar-refractivity contribution in [2.75, 3.05) is 5.32 Å². The lowest BCUT2D eigenvalue weighted by molar-refractivity contribution is -0.116. The Morgan fingerprint density at radius 1 is 1.32 bits per heavy atom. The summed E-state index contributed by atoms with van der Waals surface area (Å²) in [6.07, 6.45) is 1.33. The average molecular weight is 264 g/mol. The standard InChI is InChI=1S/C15H24N2O2/c1-5-6-15(19)17-12-7-8-14(18)13(9-12)11(4)16-10(2)3/h7-11,16,18H,5-6H2,1-4H3,(H,17,19). The molecule has 106 valence electrons. The van der Waals surface area contributed by atoms with Crippen molar-refractivity contribution < 1.29 is 9.90 Å². The molecule has 19 heavy (non-hydrogen) atoms. The Labute approximate surface area is 115 Å². The molecule has 0 aliphatic carbocycles. The van der Waals surface area contributed by atoms with Crippen molar-refractivity contribution >= 4 is 11.6 Å². The van der Waals surface area contributed by atoms with Crippen LogP contribution in [0.5, 0.6) is 5.75 Å². The number of phenols is 1. The quantitative estimate of drug-likeness (QED) is 0.691. The van der Waals surface area contributed by atoms with Crippen molar-refractivity contribution in [2.24, 2.45) is 0 Å². The molecule has 0 aliphatic rings. The van der Waals surface area contributed by atoms with Gasteiger partial charge in [0.15, 0.2) is 0 Å². The van der Waals surface area contributed by atoms with Crippen LogP contribution in [0.15, 0.2) is 18.2 Å². The predicted octanol–water partition coefficient (Wildman–Crippen LogP) is 3.19. The minimum absolute atomic E-state index is 0.00334. The van der Waals surface area contributed by atoms with Crippen LogP contribution < -0.4 is 10.6 Å². The number of hydrogen-bond acceptors (Lipinski definition) is 3. The van der Waals surface area contributed by atoms with Gasteiger partial charge in [0.1, 0.15) is 5.75 Å². The van der Waals surface area contributed by atoms with E-state index in [4.69, 9.17) is 0 Å². The van der Waals surface area contributed by atoms with Crippen molar-refractivity contribution in [2.45, 2.75) is 52.6 Å². The van der Waals surface area contributed by atoms with Crippen molar-refractivity contribution in [3.8, 4) is 5.75 Å². The molecule has 4 heteroatoms. The number of phenolic OH excluding ortho intramolecular Hbond substituents is 1. The van der Waals surface area contributed by atoms with Gasteiger partial charge in [0, 0.05) is 29.8 Å². The summed E-state index contributed by atoms with van der Waals surface area (Å²) in [5.74, 6) is 0.248. The number of rotatable bonds is 6. The number of amides is 1. The molecular formula is C15H24N2O2. The molecule has 0 radical (unpaired) electrons. The Morgan fingerprint density at radius 2 is 2.00 bits per heavy atom. The van der Waals surface area contributed by atoms with Gasteiger partial charge in [-0.1, -0.05) is 20.8 Å². The lowest BCUT2D eigenvalue weighted by Crippen LogP contribution is -2.26. The summed E-state index contributed by atoms with van der Waals surface area (Å²) >= 11 is 0. The molecule has 0 fully saturated rings. The predicted molar refractivity (Wildman–Crippen MR) is 78.3 cm³/mol. The van der Waals surface area contributed by atoms with Gasteiger partial charge in [-0.2, -0.15) is 0 Å². The van der Waals surface area contributed by atoms with E-state index in [1.54, 1.807) is 12.1 Å². The van der Waals surface area contributed by atoms with Crippen LogP contribution in [-0.4, -0.2) is 17.1 Å². The lowest BCUT2D eigenvalue weighted by atomic mass is 10.1. The van der Waals surface area contributed by atoms with Crippen LogP contribution in [-0.2, 0) is 4.79 Å². The molecule has 0 saturated carbocycles. The van der Waals surface area contributed by atoms with Gasteiger partial charge in [0.2, 0.25) is 5.91 Å². The van der Waals surface area contributed by atoms with Gasteiger partial charge >= 0.3 is 0 Å². The number of nitrogens with one attached hydrogen (secondary N) is 2. The average Bonchev–Trinajstić information content (AvgIpc) is 2.31. The summed E-state index contributed by atoms with van der Waals surface area (Å²) in [5.41, 5.74) is 1.52. The minimum Gasteiger partial charge on any atom is -0.508 e. The van der Waals surface area contributed by atoms with Crippen molar-refractivity contribution in [3.05, 3.63) is 23.8 Å². The molecule has 0 bridgehead atoms. The Morgan fingerprint density at radius 3 is 2.58 bits per heavy atom. The van der Waals surface area contributed by atoms with E-state index in [1.165, 1.54) is 0 Å². The molecule has 1 aromatic carbocycles. The van der Waals surface area contributed by atoms with Gasteiger partial charge in [0.05, 0.1) is 0 Å². The SMILES string of the molecule is CCCC(=O)Nc1ccc(O)c(C(C)NC(C)C)c1. The molecule has 0 spiro atoms. The maximum Gasteiger partial charge on any atom is 0.224 e. The van der Waals surface area contributed by atoms with Crippen molar-refractivity contribution in [1.82, 2.24) is 5.32 Å². The highest BCUT2D eigenvalue weighted by Crippen LogP contribution is 2.27. The third-order valence-electron chi connectivity index (χ3n) is 2.84. The first-order chi connectivity index (χ1) is 8.93. The monoisotopic (exact) mass is 264 g/mol. The summed E-state index contributed by atoms with van der Waals surface area (Å²) in [6, 6.07) is 5.52. The van der Waals surface area contributed by atoms with E-state index < -0.39 is 0 Å². The molecule has 0 aromatic heterocycles. The van der Waals surface area contributed by atoms with Crippen LogP contribution in [0.3, 0.4) is 0 Å². The van der Waals surface area contributed by atoms with E-state index in [1.807, 2.05) is 19.9 Å². The largest absolute Gasteiger partial charge is 0.508 e. The topological polar surface area (TPSA) is 61.4 Å². The van der Waals surface area contributed by atoms with Crippen molar-refractivity contribution in [3.63, 3.8) is 0 Å². The molecule has 1 unspecified atom stereocenters.